The van der Waals surface area contributed by atoms with Crippen molar-refractivity contribution in [3.8, 4) is 17.2 Å². The maximum Gasteiger partial charge on any atom is 0.341 e. The van der Waals surface area contributed by atoms with Crippen LogP contribution in [0.5, 0.6) is 17.2 Å². The summed E-state index contributed by atoms with van der Waals surface area (Å²) in [5.74, 6) is 1.30. The first-order chi connectivity index (χ1) is 12.6. The van der Waals surface area contributed by atoms with Crippen molar-refractivity contribution in [2.24, 2.45) is 4.99 Å². The Morgan fingerprint density at radius 3 is 2.35 bits per heavy atom. The molecular weight excluding hydrogens is 354 g/mol. The molecule has 0 saturated heterocycles. The van der Waals surface area contributed by atoms with E-state index >= 15 is 0 Å². The van der Waals surface area contributed by atoms with E-state index in [1.165, 1.54) is 12.0 Å². The zero-order chi connectivity index (χ0) is 18.7. The third kappa shape index (κ3) is 3.26. The zero-order valence-corrected chi connectivity index (χ0v) is 16.1. The summed E-state index contributed by atoms with van der Waals surface area (Å²) < 4.78 is 21.0. The molecule has 0 saturated carbocycles. The van der Waals surface area contributed by atoms with Crippen molar-refractivity contribution in [1.82, 2.24) is 0 Å². The van der Waals surface area contributed by atoms with Crippen LogP contribution < -0.4 is 14.2 Å². The van der Waals surface area contributed by atoms with Gasteiger partial charge < -0.3 is 18.9 Å². The first-order valence-corrected chi connectivity index (χ1v) is 9.01. The Morgan fingerprint density at radius 2 is 1.77 bits per heavy atom. The highest BCUT2D eigenvalue weighted by atomic mass is 32.1. The Labute approximate surface area is 156 Å². The molecule has 0 spiro atoms. The highest BCUT2D eigenvalue weighted by Crippen LogP contribution is 2.42. The first-order valence-electron chi connectivity index (χ1n) is 8.19. The van der Waals surface area contributed by atoms with Gasteiger partial charge in [0.15, 0.2) is 11.5 Å². The number of carbonyl (C=O) groups excluding carboxylic acids is 1. The number of rotatable bonds is 6. The Morgan fingerprint density at radius 1 is 1.08 bits per heavy atom. The summed E-state index contributed by atoms with van der Waals surface area (Å²) in [6, 6.07) is 3.62. The fraction of sp³-hybridized carbons (Fsp3) is 0.368. The van der Waals surface area contributed by atoms with Crippen LogP contribution in [0.15, 0.2) is 17.1 Å². The van der Waals surface area contributed by atoms with E-state index in [-0.39, 0.29) is 5.97 Å². The monoisotopic (exact) mass is 375 g/mol. The molecule has 1 heterocycles. The summed E-state index contributed by atoms with van der Waals surface area (Å²) in [5, 5.41) is 0.676. The molecule has 0 fully saturated rings. The molecular formula is C19H21NO5S. The average Bonchev–Trinajstić information content (AvgIpc) is 3.25. The summed E-state index contributed by atoms with van der Waals surface area (Å²) in [6.45, 7) is 0. The molecule has 0 bridgehead atoms. The molecule has 1 aliphatic carbocycles. The number of thiophene rings is 1. The van der Waals surface area contributed by atoms with E-state index in [2.05, 4.69) is 4.99 Å². The molecule has 0 amide bonds. The van der Waals surface area contributed by atoms with E-state index < -0.39 is 0 Å². The van der Waals surface area contributed by atoms with Gasteiger partial charge in [-0.2, -0.15) is 0 Å². The molecule has 0 N–H and O–H groups in total. The summed E-state index contributed by atoms with van der Waals surface area (Å²) >= 11 is 1.55. The van der Waals surface area contributed by atoms with Gasteiger partial charge in [0.2, 0.25) is 5.75 Å². The third-order valence-corrected chi connectivity index (χ3v) is 5.51. The molecule has 26 heavy (non-hydrogen) atoms. The molecule has 0 atom stereocenters. The lowest BCUT2D eigenvalue weighted by molar-refractivity contribution is 0.0601. The van der Waals surface area contributed by atoms with Gasteiger partial charge in [-0.15, -0.1) is 11.3 Å². The van der Waals surface area contributed by atoms with E-state index in [0.29, 0.717) is 27.8 Å². The normalized spacial score (nSPS) is 12.9. The summed E-state index contributed by atoms with van der Waals surface area (Å²) in [6.07, 6.45) is 4.65. The molecule has 1 aromatic heterocycles. The molecule has 0 aliphatic heterocycles. The molecule has 138 valence electrons. The van der Waals surface area contributed by atoms with E-state index in [0.717, 1.165) is 30.4 Å². The van der Waals surface area contributed by atoms with Crippen LogP contribution in [0.1, 0.15) is 32.8 Å². The fourth-order valence-electron chi connectivity index (χ4n) is 3.10. The van der Waals surface area contributed by atoms with Crippen LogP contribution in [0, 0.1) is 0 Å². The smallest absolute Gasteiger partial charge is 0.341 e. The molecule has 2 aromatic rings. The van der Waals surface area contributed by atoms with Crippen molar-refractivity contribution < 1.29 is 23.7 Å². The van der Waals surface area contributed by atoms with Gasteiger partial charge in [0.1, 0.15) is 5.00 Å². The standard InChI is InChI=1S/C19H21NO5S/c1-22-13-8-11(9-14(23-2)17(13)24-3)10-20-18-16(19(21)25-4)12-6-5-7-15(12)26-18/h8-10H,5-7H2,1-4H3. The number of hydrogen-bond acceptors (Lipinski definition) is 7. The van der Waals surface area contributed by atoms with Crippen LogP contribution in [0.3, 0.4) is 0 Å². The largest absolute Gasteiger partial charge is 0.493 e. The number of nitrogens with zero attached hydrogens (tertiary/aromatic N) is 1. The van der Waals surface area contributed by atoms with Gasteiger partial charge in [0, 0.05) is 16.7 Å². The average molecular weight is 375 g/mol. The lowest BCUT2D eigenvalue weighted by Gasteiger charge is -2.12. The molecule has 0 radical (unpaired) electrons. The minimum Gasteiger partial charge on any atom is -0.493 e. The lowest BCUT2D eigenvalue weighted by atomic mass is 10.1. The quantitative estimate of drug-likeness (QED) is 0.567. The van der Waals surface area contributed by atoms with Crippen LogP contribution >= 0.6 is 11.3 Å². The zero-order valence-electron chi connectivity index (χ0n) is 15.3. The van der Waals surface area contributed by atoms with Crippen LogP contribution in [0.25, 0.3) is 0 Å². The van der Waals surface area contributed by atoms with E-state index in [1.807, 2.05) is 12.1 Å². The van der Waals surface area contributed by atoms with Crippen molar-refractivity contribution in [2.45, 2.75) is 19.3 Å². The minimum absolute atomic E-state index is 0.332. The predicted molar refractivity (Wildman–Crippen MR) is 101 cm³/mol. The minimum atomic E-state index is -0.332. The van der Waals surface area contributed by atoms with Crippen LogP contribution in [0.2, 0.25) is 0 Å². The van der Waals surface area contributed by atoms with Gasteiger partial charge in [0.05, 0.1) is 34.0 Å². The van der Waals surface area contributed by atoms with Gasteiger partial charge in [-0.3, -0.25) is 0 Å². The topological polar surface area (TPSA) is 66.4 Å². The van der Waals surface area contributed by atoms with Crippen molar-refractivity contribution >= 4 is 28.5 Å². The van der Waals surface area contributed by atoms with Gasteiger partial charge in [-0.05, 0) is 37.0 Å². The first kappa shape index (κ1) is 18.3. The summed E-state index contributed by atoms with van der Waals surface area (Å²) in [4.78, 5) is 18.0. The molecule has 1 aromatic carbocycles. The highest BCUT2D eigenvalue weighted by Gasteiger charge is 2.26. The number of ether oxygens (including phenoxy) is 4. The van der Waals surface area contributed by atoms with E-state index in [9.17, 15) is 4.79 Å². The molecule has 3 rings (SSSR count). The molecule has 6 nitrogen and oxygen atoms in total. The Hall–Kier alpha value is -2.54. The number of methoxy groups -OCH3 is 4. The van der Waals surface area contributed by atoms with Gasteiger partial charge in [-0.1, -0.05) is 0 Å². The van der Waals surface area contributed by atoms with Gasteiger partial charge in [0.25, 0.3) is 0 Å². The second-order valence-electron chi connectivity index (χ2n) is 5.75. The summed E-state index contributed by atoms with van der Waals surface area (Å²) in [7, 11) is 6.09. The second kappa shape index (κ2) is 7.78. The van der Waals surface area contributed by atoms with Gasteiger partial charge in [-0.25, -0.2) is 9.79 Å². The molecule has 7 heteroatoms. The number of aryl methyl sites for hydroxylation is 1. The Bertz CT molecular complexity index is 831. The van der Waals surface area contributed by atoms with Crippen molar-refractivity contribution in [1.29, 1.82) is 0 Å². The number of hydrogen-bond donors (Lipinski definition) is 0. The molecule has 1 aliphatic rings. The number of benzene rings is 1. The van der Waals surface area contributed by atoms with E-state index in [1.54, 1.807) is 38.9 Å². The van der Waals surface area contributed by atoms with Crippen LogP contribution in [0.4, 0.5) is 5.00 Å². The van der Waals surface area contributed by atoms with Crippen molar-refractivity contribution in [3.05, 3.63) is 33.7 Å². The predicted octanol–water partition coefficient (Wildman–Crippen LogP) is 3.80. The SMILES string of the molecule is COC(=O)c1c(N=Cc2cc(OC)c(OC)c(OC)c2)sc2c1CCC2. The number of esters is 1. The van der Waals surface area contributed by atoms with Crippen molar-refractivity contribution in [2.75, 3.05) is 28.4 Å². The highest BCUT2D eigenvalue weighted by molar-refractivity contribution is 7.16. The molecule has 0 unspecified atom stereocenters. The van der Waals surface area contributed by atoms with Crippen molar-refractivity contribution in [3.63, 3.8) is 0 Å². The number of fused-ring (bicyclic) bond motifs is 1. The number of carbonyl (C=O) groups is 1. The van der Waals surface area contributed by atoms with Crippen LogP contribution in [-0.4, -0.2) is 40.6 Å². The van der Waals surface area contributed by atoms with Crippen LogP contribution in [-0.2, 0) is 17.6 Å². The number of aliphatic imine (C=N–C) groups is 1. The fourth-order valence-corrected chi connectivity index (χ4v) is 4.32. The Kier molecular flexibility index (Phi) is 5.46. The second-order valence-corrected chi connectivity index (χ2v) is 6.83. The van der Waals surface area contributed by atoms with E-state index in [4.69, 9.17) is 18.9 Å². The maximum absolute atomic E-state index is 12.2. The Balaban J connectivity index is 2.00. The maximum atomic E-state index is 12.2. The lowest BCUT2D eigenvalue weighted by Crippen LogP contribution is -2.03. The third-order valence-electron chi connectivity index (χ3n) is 4.31. The summed E-state index contributed by atoms with van der Waals surface area (Å²) in [5.41, 5.74) is 2.46. The van der Waals surface area contributed by atoms with Gasteiger partial charge >= 0.3 is 5.97 Å².